The first-order chi connectivity index (χ1) is 14.1. The number of H-pyrrole nitrogens is 1. The number of hydrogen-bond donors (Lipinski definition) is 2. The number of aromatic amines is 1. The number of ether oxygens (including phenoxy) is 1. The number of aliphatic hydroxyl groups excluding tert-OH is 1. The van der Waals surface area contributed by atoms with Crippen molar-refractivity contribution in [2.75, 3.05) is 26.2 Å². The number of aromatic nitrogens is 1. The summed E-state index contributed by atoms with van der Waals surface area (Å²) in [5, 5.41) is 12.0. The summed E-state index contributed by atoms with van der Waals surface area (Å²) in [6.07, 6.45) is 4.61. The Hall–Kier alpha value is -2.30. The van der Waals surface area contributed by atoms with Gasteiger partial charge in [0.05, 0.1) is 12.7 Å². The minimum absolute atomic E-state index is 0.342. The number of β-amino-alcohol motifs (C(OH)–C–C–N with tert-alkyl or cyclic N) is 1. The molecular formula is C25H32N2O2. The highest BCUT2D eigenvalue weighted by molar-refractivity contribution is 5.85. The van der Waals surface area contributed by atoms with Crippen LogP contribution in [0.2, 0.25) is 0 Å². The maximum absolute atomic E-state index is 10.8. The van der Waals surface area contributed by atoms with E-state index in [0.717, 1.165) is 50.3 Å². The molecule has 4 rings (SSSR count). The summed E-state index contributed by atoms with van der Waals surface area (Å²) in [7, 11) is 0. The van der Waals surface area contributed by atoms with Crippen LogP contribution in [0.1, 0.15) is 29.5 Å². The van der Waals surface area contributed by atoms with Crippen LogP contribution in [0.25, 0.3) is 10.9 Å². The lowest BCUT2D eigenvalue weighted by atomic mass is 9.94. The molecule has 0 radical (unpaired) electrons. The van der Waals surface area contributed by atoms with Gasteiger partial charge in [0, 0.05) is 30.1 Å². The summed E-state index contributed by atoms with van der Waals surface area (Å²) < 4.78 is 5.93. The summed E-state index contributed by atoms with van der Waals surface area (Å²) in [4.78, 5) is 5.71. The molecule has 1 aromatic heterocycles. The molecule has 2 N–H and O–H groups in total. The van der Waals surface area contributed by atoms with Gasteiger partial charge in [-0.05, 0) is 86.7 Å². The lowest BCUT2D eigenvalue weighted by Gasteiger charge is -2.33. The lowest BCUT2D eigenvalue weighted by Crippen LogP contribution is -2.40. The molecule has 3 aromatic rings. The molecule has 1 saturated heterocycles. The van der Waals surface area contributed by atoms with Gasteiger partial charge in [-0.15, -0.1) is 0 Å². The van der Waals surface area contributed by atoms with E-state index in [-0.39, 0.29) is 6.10 Å². The Labute approximate surface area is 173 Å². The van der Waals surface area contributed by atoms with Crippen molar-refractivity contribution in [1.29, 1.82) is 0 Å². The quantitative estimate of drug-likeness (QED) is 0.623. The zero-order chi connectivity index (χ0) is 20.2. The van der Waals surface area contributed by atoms with Gasteiger partial charge >= 0.3 is 0 Å². The van der Waals surface area contributed by atoms with Crippen LogP contribution < -0.4 is 4.74 Å². The maximum atomic E-state index is 10.8. The molecule has 0 spiro atoms. The van der Waals surface area contributed by atoms with Gasteiger partial charge in [0.2, 0.25) is 0 Å². The first kappa shape index (κ1) is 20.0. The fraction of sp³-hybridized carbons (Fsp3) is 0.440. The Morgan fingerprint density at radius 2 is 1.90 bits per heavy atom. The Morgan fingerprint density at radius 1 is 1.14 bits per heavy atom. The number of nitrogens with zero attached hydrogens (tertiary/aromatic N) is 1. The molecule has 0 aliphatic carbocycles. The SMILES string of the molecule is Cc1cc2[nH]ccc2c(CC(O)CN2CCC(COc3ccccc3)CC2)c1C. The van der Waals surface area contributed by atoms with Crippen LogP contribution in [0, 0.1) is 19.8 Å². The van der Waals surface area contributed by atoms with E-state index in [9.17, 15) is 5.11 Å². The van der Waals surface area contributed by atoms with Gasteiger partial charge in [0.25, 0.3) is 0 Å². The van der Waals surface area contributed by atoms with Gasteiger partial charge in [0.1, 0.15) is 5.75 Å². The van der Waals surface area contributed by atoms with E-state index in [1.807, 2.05) is 36.5 Å². The molecule has 29 heavy (non-hydrogen) atoms. The molecule has 2 aromatic carbocycles. The van der Waals surface area contributed by atoms with E-state index in [1.54, 1.807) is 0 Å². The summed E-state index contributed by atoms with van der Waals surface area (Å²) in [6.45, 7) is 7.91. The summed E-state index contributed by atoms with van der Waals surface area (Å²) in [5.74, 6) is 1.55. The van der Waals surface area contributed by atoms with Crippen LogP contribution in [0.4, 0.5) is 0 Å². The number of piperidine rings is 1. The smallest absolute Gasteiger partial charge is 0.119 e. The van der Waals surface area contributed by atoms with Crippen LogP contribution in [-0.2, 0) is 6.42 Å². The van der Waals surface area contributed by atoms with Crippen molar-refractivity contribution in [3.05, 3.63) is 65.4 Å². The Kier molecular flexibility index (Phi) is 6.22. The van der Waals surface area contributed by atoms with Crippen molar-refractivity contribution < 1.29 is 9.84 Å². The molecule has 0 saturated carbocycles. The zero-order valence-corrected chi connectivity index (χ0v) is 17.5. The number of hydrogen-bond acceptors (Lipinski definition) is 3. The average molecular weight is 393 g/mol. The average Bonchev–Trinajstić information content (AvgIpc) is 3.19. The minimum Gasteiger partial charge on any atom is -0.493 e. The Balaban J connectivity index is 1.28. The van der Waals surface area contributed by atoms with Crippen LogP contribution in [0.3, 0.4) is 0 Å². The number of aryl methyl sites for hydroxylation is 1. The largest absolute Gasteiger partial charge is 0.493 e. The molecule has 4 heteroatoms. The number of benzene rings is 2. The molecule has 1 atom stereocenters. The van der Waals surface area contributed by atoms with Gasteiger partial charge < -0.3 is 19.7 Å². The molecule has 1 aliphatic heterocycles. The second-order valence-electron chi connectivity index (χ2n) is 8.46. The first-order valence-electron chi connectivity index (χ1n) is 10.7. The summed E-state index contributed by atoms with van der Waals surface area (Å²) in [5.41, 5.74) is 5.02. The number of para-hydroxylation sites is 1. The second-order valence-corrected chi connectivity index (χ2v) is 8.46. The Bertz CT molecular complexity index is 927. The van der Waals surface area contributed by atoms with Crippen molar-refractivity contribution in [3.63, 3.8) is 0 Å². The molecule has 0 amide bonds. The fourth-order valence-corrected chi connectivity index (χ4v) is 4.46. The van der Waals surface area contributed by atoms with Crippen molar-refractivity contribution in [2.45, 2.75) is 39.2 Å². The molecular weight excluding hydrogens is 360 g/mol. The predicted octanol–water partition coefficient (Wildman–Crippen LogP) is 4.48. The predicted molar refractivity (Wildman–Crippen MR) is 119 cm³/mol. The highest BCUT2D eigenvalue weighted by Gasteiger charge is 2.22. The second kappa shape index (κ2) is 9.02. The molecule has 1 fully saturated rings. The third-order valence-electron chi connectivity index (χ3n) is 6.35. The van der Waals surface area contributed by atoms with E-state index in [1.165, 1.54) is 22.1 Å². The zero-order valence-electron chi connectivity index (χ0n) is 17.5. The van der Waals surface area contributed by atoms with E-state index in [2.05, 4.69) is 35.9 Å². The number of rotatable bonds is 7. The van der Waals surface area contributed by atoms with Gasteiger partial charge in [-0.25, -0.2) is 0 Å². The molecule has 0 bridgehead atoms. The van der Waals surface area contributed by atoms with E-state index in [4.69, 9.17) is 4.74 Å². The van der Waals surface area contributed by atoms with Gasteiger partial charge in [-0.2, -0.15) is 0 Å². The Morgan fingerprint density at radius 3 is 2.66 bits per heavy atom. The molecule has 4 nitrogen and oxygen atoms in total. The fourth-order valence-electron chi connectivity index (χ4n) is 4.46. The summed E-state index contributed by atoms with van der Waals surface area (Å²) in [6, 6.07) is 14.4. The van der Waals surface area contributed by atoms with Crippen molar-refractivity contribution in [1.82, 2.24) is 9.88 Å². The number of nitrogens with one attached hydrogen (secondary N) is 1. The molecule has 154 valence electrons. The van der Waals surface area contributed by atoms with E-state index < -0.39 is 0 Å². The summed E-state index contributed by atoms with van der Waals surface area (Å²) >= 11 is 0. The van der Waals surface area contributed by atoms with Gasteiger partial charge in [-0.1, -0.05) is 18.2 Å². The standard InChI is InChI=1S/C25H32N2O2/c1-18-14-25-23(8-11-26-25)24(19(18)2)15-21(28)16-27-12-9-20(10-13-27)17-29-22-6-4-3-5-7-22/h3-8,11,14,20-21,26,28H,9-10,12-13,15-17H2,1-2H3. The van der Waals surface area contributed by atoms with E-state index >= 15 is 0 Å². The number of likely N-dealkylation sites (tertiary alicyclic amines) is 1. The van der Waals surface area contributed by atoms with Gasteiger partial charge in [0.15, 0.2) is 0 Å². The molecule has 1 aliphatic rings. The van der Waals surface area contributed by atoms with Crippen LogP contribution in [-0.4, -0.2) is 47.3 Å². The van der Waals surface area contributed by atoms with Crippen LogP contribution in [0.5, 0.6) is 5.75 Å². The van der Waals surface area contributed by atoms with Crippen molar-refractivity contribution in [3.8, 4) is 5.75 Å². The van der Waals surface area contributed by atoms with Crippen LogP contribution in [0.15, 0.2) is 48.7 Å². The van der Waals surface area contributed by atoms with E-state index in [0.29, 0.717) is 12.3 Å². The minimum atomic E-state index is -0.342. The maximum Gasteiger partial charge on any atom is 0.119 e. The first-order valence-corrected chi connectivity index (χ1v) is 10.7. The highest BCUT2D eigenvalue weighted by atomic mass is 16.5. The van der Waals surface area contributed by atoms with Gasteiger partial charge in [-0.3, -0.25) is 0 Å². The molecule has 2 heterocycles. The third-order valence-corrected chi connectivity index (χ3v) is 6.35. The number of aliphatic hydroxyl groups is 1. The molecule has 1 unspecified atom stereocenters. The van der Waals surface area contributed by atoms with Crippen LogP contribution >= 0.6 is 0 Å². The lowest BCUT2D eigenvalue weighted by molar-refractivity contribution is 0.0796. The van der Waals surface area contributed by atoms with Crippen molar-refractivity contribution >= 4 is 10.9 Å². The normalized spacial score (nSPS) is 16.9. The van der Waals surface area contributed by atoms with Crippen molar-refractivity contribution in [2.24, 2.45) is 5.92 Å². The monoisotopic (exact) mass is 392 g/mol. The highest BCUT2D eigenvalue weighted by Crippen LogP contribution is 2.26. The topological polar surface area (TPSA) is 48.5 Å². The number of fused-ring (bicyclic) bond motifs is 1. The third kappa shape index (κ3) is 4.82.